The highest BCUT2D eigenvalue weighted by Crippen LogP contribution is 2.25. The van der Waals surface area contributed by atoms with Crippen LogP contribution < -0.4 is 10.6 Å². The van der Waals surface area contributed by atoms with E-state index in [1.807, 2.05) is 6.92 Å². The molecular formula is C21H40N4O2. The van der Waals surface area contributed by atoms with Crippen molar-refractivity contribution < 1.29 is 9.53 Å². The first-order valence-electron chi connectivity index (χ1n) is 11.1. The van der Waals surface area contributed by atoms with E-state index in [1.54, 1.807) is 0 Å². The molecule has 0 unspecified atom stereocenters. The molecule has 0 spiro atoms. The van der Waals surface area contributed by atoms with Crippen molar-refractivity contribution in [2.75, 3.05) is 39.3 Å². The topological polar surface area (TPSA) is 66.0 Å². The van der Waals surface area contributed by atoms with Crippen molar-refractivity contribution in [3.63, 3.8) is 0 Å². The van der Waals surface area contributed by atoms with Gasteiger partial charge in [-0.2, -0.15) is 0 Å². The normalized spacial score (nSPS) is 25.2. The maximum absolute atomic E-state index is 11.9. The van der Waals surface area contributed by atoms with E-state index in [9.17, 15) is 4.79 Å². The minimum atomic E-state index is -0.0226. The fourth-order valence-corrected chi connectivity index (χ4v) is 4.20. The van der Waals surface area contributed by atoms with Crippen molar-refractivity contribution >= 4 is 11.9 Å². The van der Waals surface area contributed by atoms with E-state index in [2.05, 4.69) is 29.4 Å². The van der Waals surface area contributed by atoms with Crippen molar-refractivity contribution in [1.82, 2.24) is 15.5 Å². The van der Waals surface area contributed by atoms with Crippen molar-refractivity contribution in [1.29, 1.82) is 0 Å². The second-order valence-electron chi connectivity index (χ2n) is 7.87. The maximum Gasteiger partial charge on any atom is 0.308 e. The fourth-order valence-electron chi connectivity index (χ4n) is 4.20. The molecule has 0 aromatic carbocycles. The zero-order chi connectivity index (χ0) is 19.5. The van der Waals surface area contributed by atoms with Crippen LogP contribution in [-0.4, -0.2) is 62.2 Å². The third kappa shape index (κ3) is 7.68. The first-order valence-corrected chi connectivity index (χ1v) is 11.1. The smallest absolute Gasteiger partial charge is 0.308 e. The first kappa shape index (κ1) is 22.0. The van der Waals surface area contributed by atoms with Gasteiger partial charge in [0, 0.05) is 19.1 Å². The van der Waals surface area contributed by atoms with E-state index in [-0.39, 0.29) is 11.9 Å². The molecule has 1 aliphatic heterocycles. The standard InChI is InChI=1S/C21H40N4O2/c1-4-22-21(23-14-11-17-12-15-25(5-2)16-13-17)24-19-9-7-18(8-10-19)20(26)27-6-3/h17-19H,4-16H2,1-3H3,(H2,22,23,24). The number of aliphatic imine (C=N–C) groups is 1. The Morgan fingerprint density at radius 2 is 1.78 bits per heavy atom. The summed E-state index contributed by atoms with van der Waals surface area (Å²) < 4.78 is 5.16. The van der Waals surface area contributed by atoms with E-state index >= 15 is 0 Å². The third-order valence-corrected chi connectivity index (χ3v) is 5.99. The second-order valence-corrected chi connectivity index (χ2v) is 7.87. The zero-order valence-electron chi connectivity index (χ0n) is 17.6. The molecule has 2 N–H and O–H groups in total. The molecule has 0 aromatic heterocycles. The number of piperidine rings is 1. The Kier molecular flexibility index (Phi) is 9.95. The van der Waals surface area contributed by atoms with Crippen LogP contribution in [0.2, 0.25) is 0 Å². The van der Waals surface area contributed by atoms with Crippen LogP contribution in [0.15, 0.2) is 4.99 Å². The molecule has 0 radical (unpaired) electrons. The van der Waals surface area contributed by atoms with E-state index < -0.39 is 0 Å². The highest BCUT2D eigenvalue weighted by molar-refractivity contribution is 5.80. The van der Waals surface area contributed by atoms with Crippen LogP contribution in [0.5, 0.6) is 0 Å². The average Bonchev–Trinajstić information content (AvgIpc) is 2.69. The minimum absolute atomic E-state index is 0.0226. The summed E-state index contributed by atoms with van der Waals surface area (Å²) in [7, 11) is 0. The predicted octanol–water partition coefficient (Wildman–Crippen LogP) is 2.79. The largest absolute Gasteiger partial charge is 0.466 e. The number of hydrogen-bond donors (Lipinski definition) is 2. The van der Waals surface area contributed by atoms with E-state index in [4.69, 9.17) is 9.73 Å². The molecule has 1 aliphatic carbocycles. The van der Waals surface area contributed by atoms with Crippen LogP contribution in [0.4, 0.5) is 0 Å². The van der Waals surface area contributed by atoms with Gasteiger partial charge in [0.2, 0.25) is 0 Å². The van der Waals surface area contributed by atoms with E-state index in [0.29, 0.717) is 12.6 Å². The van der Waals surface area contributed by atoms with Crippen LogP contribution in [0.1, 0.15) is 65.7 Å². The lowest BCUT2D eigenvalue weighted by Crippen LogP contribution is -2.45. The monoisotopic (exact) mass is 380 g/mol. The molecule has 27 heavy (non-hydrogen) atoms. The molecule has 6 heteroatoms. The molecule has 0 aromatic rings. The Labute approximate surface area is 165 Å². The highest BCUT2D eigenvalue weighted by Gasteiger charge is 2.27. The maximum atomic E-state index is 11.9. The number of hydrogen-bond acceptors (Lipinski definition) is 4. The number of likely N-dealkylation sites (tertiary alicyclic amines) is 1. The zero-order valence-corrected chi connectivity index (χ0v) is 17.6. The van der Waals surface area contributed by atoms with Gasteiger partial charge < -0.3 is 20.3 Å². The van der Waals surface area contributed by atoms with Gasteiger partial charge in [-0.05, 0) is 84.3 Å². The van der Waals surface area contributed by atoms with Crippen LogP contribution in [-0.2, 0) is 9.53 Å². The Hall–Kier alpha value is -1.30. The SMILES string of the molecule is CCNC(=NCCC1CCN(CC)CC1)NC1CCC(C(=O)OCC)CC1. The number of esters is 1. The van der Waals surface area contributed by atoms with Gasteiger partial charge in [-0.1, -0.05) is 6.92 Å². The van der Waals surface area contributed by atoms with Crippen LogP contribution >= 0.6 is 0 Å². The van der Waals surface area contributed by atoms with Gasteiger partial charge in [0.1, 0.15) is 0 Å². The number of nitrogens with one attached hydrogen (secondary N) is 2. The quantitative estimate of drug-likeness (QED) is 0.385. The number of carbonyl (C=O) groups is 1. The Morgan fingerprint density at radius 1 is 1.07 bits per heavy atom. The fraction of sp³-hybridized carbons (Fsp3) is 0.905. The molecule has 1 saturated carbocycles. The third-order valence-electron chi connectivity index (χ3n) is 5.99. The number of guanidine groups is 1. The average molecular weight is 381 g/mol. The van der Waals surface area contributed by atoms with Gasteiger partial charge >= 0.3 is 5.97 Å². The molecule has 2 aliphatic rings. The summed E-state index contributed by atoms with van der Waals surface area (Å²) in [5, 5.41) is 6.96. The second kappa shape index (κ2) is 12.2. The summed E-state index contributed by atoms with van der Waals surface area (Å²) in [6.07, 6.45) is 7.63. The summed E-state index contributed by atoms with van der Waals surface area (Å²) >= 11 is 0. The van der Waals surface area contributed by atoms with Crippen molar-refractivity contribution in [3.8, 4) is 0 Å². The van der Waals surface area contributed by atoms with Gasteiger partial charge in [0.15, 0.2) is 5.96 Å². The van der Waals surface area contributed by atoms with Crippen LogP contribution in [0.25, 0.3) is 0 Å². The van der Waals surface area contributed by atoms with Gasteiger partial charge in [0.05, 0.1) is 12.5 Å². The summed E-state index contributed by atoms with van der Waals surface area (Å²) in [5.74, 6) is 1.81. The molecule has 6 nitrogen and oxygen atoms in total. The molecule has 2 rings (SSSR count). The van der Waals surface area contributed by atoms with E-state index in [0.717, 1.165) is 50.7 Å². The van der Waals surface area contributed by atoms with Crippen LogP contribution in [0.3, 0.4) is 0 Å². The van der Waals surface area contributed by atoms with Gasteiger partial charge in [-0.25, -0.2) is 0 Å². The first-order chi connectivity index (χ1) is 13.2. The Balaban J connectivity index is 1.71. The lowest BCUT2D eigenvalue weighted by atomic mass is 9.86. The molecule has 156 valence electrons. The van der Waals surface area contributed by atoms with Crippen molar-refractivity contribution in [3.05, 3.63) is 0 Å². The van der Waals surface area contributed by atoms with Gasteiger partial charge in [0.25, 0.3) is 0 Å². The Bertz CT molecular complexity index is 453. The summed E-state index contributed by atoms with van der Waals surface area (Å²) in [5.41, 5.74) is 0. The number of ether oxygens (including phenoxy) is 1. The summed E-state index contributed by atoms with van der Waals surface area (Å²) in [6.45, 7) is 12.1. The van der Waals surface area contributed by atoms with Gasteiger partial charge in [-0.3, -0.25) is 9.79 Å². The summed E-state index contributed by atoms with van der Waals surface area (Å²) in [6, 6.07) is 0.404. The van der Waals surface area contributed by atoms with Crippen molar-refractivity contribution in [2.24, 2.45) is 16.8 Å². The summed E-state index contributed by atoms with van der Waals surface area (Å²) in [4.78, 5) is 19.2. The van der Waals surface area contributed by atoms with Crippen LogP contribution in [0, 0.1) is 11.8 Å². The molecule has 1 heterocycles. The minimum Gasteiger partial charge on any atom is -0.466 e. The predicted molar refractivity (Wildman–Crippen MR) is 111 cm³/mol. The molecule has 0 atom stereocenters. The number of rotatable bonds is 8. The number of carbonyl (C=O) groups excluding carboxylic acids is 1. The highest BCUT2D eigenvalue weighted by atomic mass is 16.5. The molecule has 0 bridgehead atoms. The van der Waals surface area contributed by atoms with E-state index in [1.165, 1.54) is 38.9 Å². The number of nitrogens with zero attached hydrogens (tertiary/aromatic N) is 2. The molecular weight excluding hydrogens is 340 g/mol. The lowest BCUT2D eigenvalue weighted by Gasteiger charge is -2.31. The molecule has 0 amide bonds. The lowest BCUT2D eigenvalue weighted by molar-refractivity contribution is -0.149. The van der Waals surface area contributed by atoms with Crippen molar-refractivity contribution in [2.45, 2.75) is 71.8 Å². The van der Waals surface area contributed by atoms with Gasteiger partial charge in [-0.15, -0.1) is 0 Å². The molecule has 2 fully saturated rings. The molecule has 1 saturated heterocycles. The Morgan fingerprint density at radius 3 is 2.37 bits per heavy atom.